The summed E-state index contributed by atoms with van der Waals surface area (Å²) in [6.07, 6.45) is 1.85. The minimum atomic E-state index is -0.0186. The van der Waals surface area contributed by atoms with Crippen LogP contribution in [0, 0.1) is 5.92 Å². The molecule has 1 fully saturated rings. The van der Waals surface area contributed by atoms with E-state index in [1.54, 1.807) is 18.8 Å². The fourth-order valence-corrected chi connectivity index (χ4v) is 3.01. The minimum Gasteiger partial charge on any atom is -0.497 e. The van der Waals surface area contributed by atoms with Crippen molar-refractivity contribution in [3.63, 3.8) is 0 Å². The summed E-state index contributed by atoms with van der Waals surface area (Å²) in [6.45, 7) is 2.08. The second kappa shape index (κ2) is 7.29. The molecule has 128 valence electrons. The molecule has 1 aliphatic rings. The van der Waals surface area contributed by atoms with E-state index in [9.17, 15) is 4.79 Å². The third-order valence-electron chi connectivity index (χ3n) is 4.33. The van der Waals surface area contributed by atoms with Gasteiger partial charge in [-0.05, 0) is 41.0 Å². The maximum absolute atomic E-state index is 11.9. The van der Waals surface area contributed by atoms with Crippen LogP contribution in [0.1, 0.15) is 18.4 Å². The van der Waals surface area contributed by atoms with Gasteiger partial charge in [0, 0.05) is 20.1 Å². The van der Waals surface area contributed by atoms with Crippen LogP contribution in [0.25, 0.3) is 0 Å². The number of nitrogens with zero attached hydrogens (tertiary/aromatic N) is 5. The zero-order chi connectivity index (χ0) is 16.9. The summed E-state index contributed by atoms with van der Waals surface area (Å²) in [5.74, 6) is 1.59. The van der Waals surface area contributed by atoms with Crippen LogP contribution in [-0.2, 0) is 11.3 Å². The highest BCUT2D eigenvalue weighted by molar-refractivity contribution is 5.79. The number of ether oxygens (including phenoxy) is 1. The second-order valence-corrected chi connectivity index (χ2v) is 5.88. The van der Waals surface area contributed by atoms with Gasteiger partial charge in [-0.25, -0.2) is 4.68 Å². The lowest BCUT2D eigenvalue weighted by Gasteiger charge is -2.31. The molecule has 1 N–H and O–H groups in total. The van der Waals surface area contributed by atoms with Crippen LogP contribution in [0.5, 0.6) is 5.75 Å². The molecule has 1 unspecified atom stereocenters. The van der Waals surface area contributed by atoms with E-state index < -0.39 is 0 Å². The lowest BCUT2D eigenvalue weighted by atomic mass is 9.97. The summed E-state index contributed by atoms with van der Waals surface area (Å²) in [5, 5.41) is 14.8. The summed E-state index contributed by atoms with van der Waals surface area (Å²) in [6, 6.07) is 7.82. The van der Waals surface area contributed by atoms with E-state index in [4.69, 9.17) is 4.74 Å². The molecule has 3 rings (SSSR count). The zero-order valence-electron chi connectivity index (χ0n) is 14.0. The van der Waals surface area contributed by atoms with E-state index in [-0.39, 0.29) is 11.8 Å². The average Bonchev–Trinajstić information content (AvgIpc) is 3.10. The van der Waals surface area contributed by atoms with Crippen LogP contribution in [-0.4, -0.2) is 53.4 Å². The first-order valence-corrected chi connectivity index (χ1v) is 8.07. The fraction of sp³-hybridized carbons (Fsp3) is 0.500. The number of anilines is 1. The predicted molar refractivity (Wildman–Crippen MR) is 88.9 cm³/mol. The summed E-state index contributed by atoms with van der Waals surface area (Å²) in [5.41, 5.74) is 1.09. The van der Waals surface area contributed by atoms with E-state index in [1.807, 2.05) is 24.3 Å². The Balaban J connectivity index is 1.73. The van der Waals surface area contributed by atoms with Gasteiger partial charge >= 0.3 is 0 Å². The predicted octanol–water partition coefficient (Wildman–Crippen LogP) is 0.692. The molecule has 1 saturated heterocycles. The highest BCUT2D eigenvalue weighted by Gasteiger charge is 2.27. The van der Waals surface area contributed by atoms with Crippen molar-refractivity contribution in [3.05, 3.63) is 29.8 Å². The van der Waals surface area contributed by atoms with E-state index in [2.05, 4.69) is 25.7 Å². The third-order valence-corrected chi connectivity index (χ3v) is 4.33. The van der Waals surface area contributed by atoms with Crippen molar-refractivity contribution in [2.24, 2.45) is 5.92 Å². The average molecular weight is 330 g/mol. The molecule has 0 saturated carbocycles. The van der Waals surface area contributed by atoms with Gasteiger partial charge < -0.3 is 15.0 Å². The highest BCUT2D eigenvalue weighted by atomic mass is 16.5. The molecule has 0 aliphatic carbocycles. The third kappa shape index (κ3) is 3.47. The topological polar surface area (TPSA) is 85.2 Å². The first-order valence-electron chi connectivity index (χ1n) is 8.07. The quantitative estimate of drug-likeness (QED) is 0.868. The number of amides is 1. The molecule has 2 heterocycles. The molecule has 1 atom stereocenters. The highest BCUT2D eigenvalue weighted by Crippen LogP contribution is 2.22. The van der Waals surface area contributed by atoms with Gasteiger partial charge in [0.25, 0.3) is 0 Å². The zero-order valence-corrected chi connectivity index (χ0v) is 14.0. The second-order valence-electron chi connectivity index (χ2n) is 5.88. The van der Waals surface area contributed by atoms with E-state index in [0.29, 0.717) is 19.0 Å². The molecule has 1 aromatic heterocycles. The maximum Gasteiger partial charge on any atom is 0.245 e. The maximum atomic E-state index is 11.9. The van der Waals surface area contributed by atoms with Crippen molar-refractivity contribution in [2.45, 2.75) is 19.4 Å². The molecule has 0 spiro atoms. The van der Waals surface area contributed by atoms with E-state index in [1.165, 1.54) is 0 Å². The fourth-order valence-electron chi connectivity index (χ4n) is 3.01. The lowest BCUT2D eigenvalue weighted by Crippen LogP contribution is -2.43. The molecule has 8 nitrogen and oxygen atoms in total. The van der Waals surface area contributed by atoms with Gasteiger partial charge in [0.15, 0.2) is 0 Å². The number of aromatic nitrogens is 4. The number of hydrogen-bond acceptors (Lipinski definition) is 6. The molecular formula is C16H22N6O2. The Morgan fingerprint density at radius 2 is 2.17 bits per heavy atom. The van der Waals surface area contributed by atoms with Crippen molar-refractivity contribution >= 4 is 11.9 Å². The normalized spacial score (nSPS) is 17.6. The molecule has 1 aliphatic heterocycles. The number of nitrogens with one attached hydrogen (secondary N) is 1. The molecule has 8 heteroatoms. The van der Waals surface area contributed by atoms with Crippen LogP contribution in [0.3, 0.4) is 0 Å². The minimum absolute atomic E-state index is 0.0186. The Morgan fingerprint density at radius 3 is 2.88 bits per heavy atom. The number of carbonyl (C=O) groups excluding carboxylic acids is 1. The summed E-state index contributed by atoms with van der Waals surface area (Å²) < 4.78 is 6.95. The number of tetrazole rings is 1. The monoisotopic (exact) mass is 330 g/mol. The number of benzene rings is 1. The van der Waals surface area contributed by atoms with Gasteiger partial charge in [0.05, 0.1) is 19.6 Å². The van der Waals surface area contributed by atoms with Crippen LogP contribution in [0.4, 0.5) is 5.95 Å². The van der Waals surface area contributed by atoms with Gasteiger partial charge in [0.2, 0.25) is 11.9 Å². The van der Waals surface area contributed by atoms with Crippen molar-refractivity contribution in [1.29, 1.82) is 0 Å². The Bertz CT molecular complexity index is 684. The number of methoxy groups -OCH3 is 1. The van der Waals surface area contributed by atoms with Crippen molar-refractivity contribution in [3.8, 4) is 5.75 Å². The molecule has 0 radical (unpaired) electrons. The van der Waals surface area contributed by atoms with E-state index in [0.717, 1.165) is 30.7 Å². The number of piperidine rings is 1. The molecule has 2 aromatic rings. The van der Waals surface area contributed by atoms with Gasteiger partial charge in [-0.15, -0.1) is 0 Å². The van der Waals surface area contributed by atoms with Crippen molar-refractivity contribution in [1.82, 2.24) is 25.5 Å². The number of carbonyl (C=O) groups is 1. The largest absolute Gasteiger partial charge is 0.497 e. The smallest absolute Gasteiger partial charge is 0.245 e. The Kier molecular flexibility index (Phi) is 4.93. The molecule has 0 bridgehead atoms. The lowest BCUT2D eigenvalue weighted by molar-refractivity contribution is -0.124. The summed E-state index contributed by atoms with van der Waals surface area (Å²) in [7, 11) is 3.32. The van der Waals surface area contributed by atoms with Crippen molar-refractivity contribution in [2.75, 3.05) is 32.1 Å². The van der Waals surface area contributed by atoms with Gasteiger partial charge in [-0.3, -0.25) is 4.79 Å². The standard InChI is InChI=1S/C16H22N6O2/c1-17-15(23)13-4-3-9-21(11-13)16-18-19-20-22(16)10-12-5-7-14(24-2)8-6-12/h5-8,13H,3-4,9-11H2,1-2H3,(H,17,23). The van der Waals surface area contributed by atoms with Gasteiger partial charge in [0.1, 0.15) is 5.75 Å². The Labute approximate surface area is 140 Å². The molecular weight excluding hydrogens is 308 g/mol. The summed E-state index contributed by atoms with van der Waals surface area (Å²) >= 11 is 0. The van der Waals surface area contributed by atoms with E-state index >= 15 is 0 Å². The first kappa shape index (κ1) is 16.2. The van der Waals surface area contributed by atoms with Gasteiger partial charge in [-0.2, -0.15) is 0 Å². The van der Waals surface area contributed by atoms with Crippen LogP contribution < -0.4 is 15.0 Å². The summed E-state index contributed by atoms with van der Waals surface area (Å²) in [4.78, 5) is 14.0. The Morgan fingerprint density at radius 1 is 1.38 bits per heavy atom. The van der Waals surface area contributed by atoms with Crippen LogP contribution in [0.2, 0.25) is 0 Å². The molecule has 1 aromatic carbocycles. The van der Waals surface area contributed by atoms with Crippen molar-refractivity contribution < 1.29 is 9.53 Å². The first-order chi connectivity index (χ1) is 11.7. The van der Waals surface area contributed by atoms with Gasteiger partial charge in [-0.1, -0.05) is 17.2 Å². The molecule has 24 heavy (non-hydrogen) atoms. The Hall–Kier alpha value is -2.64. The SMILES string of the molecule is CNC(=O)C1CCCN(c2nnnn2Cc2ccc(OC)cc2)C1. The van der Waals surface area contributed by atoms with Crippen LogP contribution in [0.15, 0.2) is 24.3 Å². The molecule has 1 amide bonds. The van der Waals surface area contributed by atoms with Crippen LogP contribution >= 0.6 is 0 Å². The number of rotatable bonds is 5. The number of hydrogen-bond donors (Lipinski definition) is 1.